The number of hydrogen-bond donors (Lipinski definition) is 1. The average molecular weight is 250 g/mol. The minimum absolute atomic E-state index is 0.196. The third kappa shape index (κ3) is 2.43. The summed E-state index contributed by atoms with van der Waals surface area (Å²) >= 11 is 0. The SMILES string of the molecule is CCN(Cc1ccco1)C(=O)C1(CN)CCCC1. The molecule has 1 fully saturated rings. The van der Waals surface area contributed by atoms with Crippen LogP contribution >= 0.6 is 0 Å². The summed E-state index contributed by atoms with van der Waals surface area (Å²) in [6.07, 6.45) is 5.72. The molecule has 0 spiro atoms. The van der Waals surface area contributed by atoms with Gasteiger partial charge in [-0.2, -0.15) is 0 Å². The van der Waals surface area contributed by atoms with Crippen molar-refractivity contribution in [1.29, 1.82) is 0 Å². The molecule has 1 saturated carbocycles. The molecule has 1 heterocycles. The van der Waals surface area contributed by atoms with Gasteiger partial charge in [0, 0.05) is 13.1 Å². The molecule has 100 valence electrons. The van der Waals surface area contributed by atoms with Crippen molar-refractivity contribution >= 4 is 5.91 Å². The lowest BCUT2D eigenvalue weighted by molar-refractivity contribution is -0.142. The summed E-state index contributed by atoms with van der Waals surface area (Å²) in [5, 5.41) is 0. The van der Waals surface area contributed by atoms with E-state index < -0.39 is 0 Å². The minimum Gasteiger partial charge on any atom is -0.467 e. The van der Waals surface area contributed by atoms with Crippen molar-refractivity contribution < 1.29 is 9.21 Å². The zero-order valence-corrected chi connectivity index (χ0v) is 11.0. The Bertz CT molecular complexity index is 381. The molecule has 1 aliphatic rings. The van der Waals surface area contributed by atoms with Crippen molar-refractivity contribution in [2.75, 3.05) is 13.1 Å². The molecule has 1 aliphatic carbocycles. The predicted octanol–water partition coefficient (Wildman–Crippen LogP) is 2.15. The van der Waals surface area contributed by atoms with E-state index in [0.29, 0.717) is 19.6 Å². The lowest BCUT2D eigenvalue weighted by Crippen LogP contribution is -2.46. The first kappa shape index (κ1) is 13.1. The van der Waals surface area contributed by atoms with Crippen LogP contribution in [0.3, 0.4) is 0 Å². The van der Waals surface area contributed by atoms with Gasteiger partial charge in [0.15, 0.2) is 0 Å². The Balaban J connectivity index is 2.09. The monoisotopic (exact) mass is 250 g/mol. The Labute approximate surface area is 108 Å². The molecule has 4 heteroatoms. The highest BCUT2D eigenvalue weighted by Crippen LogP contribution is 2.39. The molecule has 0 saturated heterocycles. The van der Waals surface area contributed by atoms with Gasteiger partial charge in [-0.15, -0.1) is 0 Å². The molecule has 0 unspecified atom stereocenters. The second-order valence-electron chi connectivity index (χ2n) is 5.09. The van der Waals surface area contributed by atoms with E-state index in [2.05, 4.69) is 0 Å². The number of carbonyl (C=O) groups excluding carboxylic acids is 1. The van der Waals surface area contributed by atoms with Crippen molar-refractivity contribution in [3.63, 3.8) is 0 Å². The maximum atomic E-state index is 12.7. The molecular formula is C14H22N2O2. The predicted molar refractivity (Wildman–Crippen MR) is 69.8 cm³/mol. The Morgan fingerprint density at radius 1 is 1.50 bits per heavy atom. The Morgan fingerprint density at radius 2 is 2.22 bits per heavy atom. The largest absolute Gasteiger partial charge is 0.467 e. The van der Waals surface area contributed by atoms with E-state index in [-0.39, 0.29) is 11.3 Å². The summed E-state index contributed by atoms with van der Waals surface area (Å²) in [7, 11) is 0. The molecular weight excluding hydrogens is 228 g/mol. The first-order valence-corrected chi connectivity index (χ1v) is 6.73. The highest BCUT2D eigenvalue weighted by molar-refractivity contribution is 5.83. The van der Waals surface area contributed by atoms with Gasteiger partial charge in [0.2, 0.25) is 5.91 Å². The molecule has 0 bridgehead atoms. The maximum absolute atomic E-state index is 12.7. The van der Waals surface area contributed by atoms with Crippen LogP contribution in [-0.2, 0) is 11.3 Å². The van der Waals surface area contributed by atoms with Crippen LogP contribution in [0.15, 0.2) is 22.8 Å². The van der Waals surface area contributed by atoms with Crippen molar-refractivity contribution in [1.82, 2.24) is 4.90 Å². The summed E-state index contributed by atoms with van der Waals surface area (Å²) < 4.78 is 5.32. The number of amides is 1. The van der Waals surface area contributed by atoms with Crippen LogP contribution in [-0.4, -0.2) is 23.9 Å². The van der Waals surface area contributed by atoms with Crippen molar-refractivity contribution in [2.24, 2.45) is 11.1 Å². The van der Waals surface area contributed by atoms with Crippen LogP contribution in [0.2, 0.25) is 0 Å². The molecule has 0 aromatic carbocycles. The third-order valence-electron chi connectivity index (χ3n) is 4.00. The van der Waals surface area contributed by atoms with Crippen LogP contribution < -0.4 is 5.73 Å². The molecule has 0 radical (unpaired) electrons. The van der Waals surface area contributed by atoms with Gasteiger partial charge in [-0.25, -0.2) is 0 Å². The van der Waals surface area contributed by atoms with Crippen molar-refractivity contribution in [3.8, 4) is 0 Å². The van der Waals surface area contributed by atoms with E-state index >= 15 is 0 Å². The quantitative estimate of drug-likeness (QED) is 0.871. The number of rotatable bonds is 5. The molecule has 18 heavy (non-hydrogen) atoms. The van der Waals surface area contributed by atoms with Crippen LogP contribution in [0.25, 0.3) is 0 Å². The number of carbonyl (C=O) groups is 1. The van der Waals surface area contributed by atoms with Gasteiger partial charge < -0.3 is 15.1 Å². The summed E-state index contributed by atoms with van der Waals surface area (Å²) in [6, 6.07) is 3.75. The van der Waals surface area contributed by atoms with Gasteiger partial charge in [-0.3, -0.25) is 4.79 Å². The number of nitrogens with zero attached hydrogens (tertiary/aromatic N) is 1. The minimum atomic E-state index is -0.317. The third-order valence-corrected chi connectivity index (χ3v) is 4.00. The summed E-state index contributed by atoms with van der Waals surface area (Å²) in [4.78, 5) is 14.5. The second kappa shape index (κ2) is 5.57. The highest BCUT2D eigenvalue weighted by Gasteiger charge is 2.42. The molecule has 4 nitrogen and oxygen atoms in total. The number of furan rings is 1. The fourth-order valence-corrected chi connectivity index (χ4v) is 2.81. The topological polar surface area (TPSA) is 59.5 Å². The van der Waals surface area contributed by atoms with Gasteiger partial charge in [-0.05, 0) is 31.9 Å². The fraction of sp³-hybridized carbons (Fsp3) is 0.643. The van der Waals surface area contributed by atoms with Gasteiger partial charge in [0.05, 0.1) is 18.2 Å². The van der Waals surface area contributed by atoms with E-state index in [1.165, 1.54) is 0 Å². The van der Waals surface area contributed by atoms with Crippen LogP contribution in [0, 0.1) is 5.41 Å². The standard InChI is InChI=1S/C14H22N2O2/c1-2-16(10-12-6-5-9-18-12)13(17)14(11-15)7-3-4-8-14/h5-6,9H,2-4,7-8,10-11,15H2,1H3. The molecule has 1 amide bonds. The van der Waals surface area contributed by atoms with Gasteiger partial charge >= 0.3 is 0 Å². The number of hydrogen-bond acceptors (Lipinski definition) is 3. The molecule has 1 aromatic heterocycles. The zero-order chi connectivity index (χ0) is 13.0. The van der Waals surface area contributed by atoms with E-state index in [1.807, 2.05) is 24.0 Å². The number of nitrogens with two attached hydrogens (primary N) is 1. The first-order chi connectivity index (χ1) is 8.72. The van der Waals surface area contributed by atoms with Gasteiger partial charge in [0.25, 0.3) is 0 Å². The fourth-order valence-electron chi connectivity index (χ4n) is 2.81. The second-order valence-corrected chi connectivity index (χ2v) is 5.09. The summed E-state index contributed by atoms with van der Waals surface area (Å²) in [5.41, 5.74) is 5.55. The first-order valence-electron chi connectivity index (χ1n) is 6.73. The lowest BCUT2D eigenvalue weighted by atomic mass is 9.84. The smallest absolute Gasteiger partial charge is 0.230 e. The molecule has 2 N–H and O–H groups in total. The van der Waals surface area contributed by atoms with E-state index in [4.69, 9.17) is 10.2 Å². The van der Waals surface area contributed by atoms with Gasteiger partial charge in [-0.1, -0.05) is 12.8 Å². The van der Waals surface area contributed by atoms with Crippen LogP contribution in [0.1, 0.15) is 38.4 Å². The van der Waals surface area contributed by atoms with E-state index in [0.717, 1.165) is 31.4 Å². The molecule has 0 aliphatic heterocycles. The molecule has 2 rings (SSSR count). The van der Waals surface area contributed by atoms with E-state index in [1.54, 1.807) is 6.26 Å². The molecule has 1 aromatic rings. The Kier molecular flexibility index (Phi) is 4.07. The maximum Gasteiger partial charge on any atom is 0.230 e. The zero-order valence-electron chi connectivity index (χ0n) is 11.0. The summed E-state index contributed by atoms with van der Waals surface area (Å²) in [5.74, 6) is 1.02. The molecule has 0 atom stereocenters. The Morgan fingerprint density at radius 3 is 2.72 bits per heavy atom. The van der Waals surface area contributed by atoms with Crippen molar-refractivity contribution in [2.45, 2.75) is 39.2 Å². The van der Waals surface area contributed by atoms with Crippen LogP contribution in [0.5, 0.6) is 0 Å². The van der Waals surface area contributed by atoms with E-state index in [9.17, 15) is 4.79 Å². The average Bonchev–Trinajstić information content (AvgIpc) is 3.06. The normalized spacial score (nSPS) is 17.9. The summed E-state index contributed by atoms with van der Waals surface area (Å²) in [6.45, 7) is 3.70. The Hall–Kier alpha value is -1.29. The highest BCUT2D eigenvalue weighted by atomic mass is 16.3. The van der Waals surface area contributed by atoms with Crippen molar-refractivity contribution in [3.05, 3.63) is 24.2 Å². The van der Waals surface area contributed by atoms with Crippen LogP contribution in [0.4, 0.5) is 0 Å². The lowest BCUT2D eigenvalue weighted by Gasteiger charge is -2.32. The van der Waals surface area contributed by atoms with Gasteiger partial charge in [0.1, 0.15) is 5.76 Å².